The molecule has 0 atom stereocenters. The van der Waals surface area contributed by atoms with Crippen molar-refractivity contribution in [3.63, 3.8) is 0 Å². The molecule has 3 N–H and O–H groups in total. The molecule has 0 saturated heterocycles. The Morgan fingerprint density at radius 1 is 0.909 bits per heavy atom. The van der Waals surface area contributed by atoms with Crippen LogP contribution in [0.3, 0.4) is 0 Å². The van der Waals surface area contributed by atoms with Crippen LogP contribution in [-0.2, 0) is 6.54 Å². The van der Waals surface area contributed by atoms with Crippen LogP contribution in [-0.4, -0.2) is 16.1 Å². The molecular formula is C28H26N2O3. The summed E-state index contributed by atoms with van der Waals surface area (Å²) in [5, 5.41) is 9.69. The molecule has 1 aromatic heterocycles. The van der Waals surface area contributed by atoms with Crippen molar-refractivity contribution in [1.82, 2.24) is 4.98 Å². The molecule has 0 saturated carbocycles. The third kappa shape index (κ3) is 4.94. The van der Waals surface area contributed by atoms with E-state index in [9.17, 15) is 9.90 Å². The monoisotopic (exact) mass is 438 g/mol. The predicted molar refractivity (Wildman–Crippen MR) is 131 cm³/mol. The van der Waals surface area contributed by atoms with Crippen LogP contribution in [0.2, 0.25) is 0 Å². The Morgan fingerprint density at radius 3 is 2.42 bits per heavy atom. The van der Waals surface area contributed by atoms with E-state index in [1.54, 1.807) is 18.2 Å². The van der Waals surface area contributed by atoms with Crippen molar-refractivity contribution in [2.45, 2.75) is 27.3 Å². The van der Waals surface area contributed by atoms with Gasteiger partial charge in [0.1, 0.15) is 5.75 Å². The molecule has 5 heteroatoms. The van der Waals surface area contributed by atoms with Gasteiger partial charge in [0.25, 0.3) is 0 Å². The maximum absolute atomic E-state index is 11.8. The number of aromatic carboxylic acids is 1. The molecule has 0 fully saturated rings. The van der Waals surface area contributed by atoms with Gasteiger partial charge in [0.2, 0.25) is 5.88 Å². The molecule has 4 aromatic rings. The van der Waals surface area contributed by atoms with Crippen molar-refractivity contribution in [3.8, 4) is 34.0 Å². The number of carboxylic acid groups (broad SMARTS) is 1. The first-order valence-corrected chi connectivity index (χ1v) is 10.7. The molecule has 0 bridgehead atoms. The molecule has 0 spiro atoms. The van der Waals surface area contributed by atoms with Gasteiger partial charge < -0.3 is 15.6 Å². The van der Waals surface area contributed by atoms with Crippen molar-refractivity contribution >= 4 is 5.97 Å². The summed E-state index contributed by atoms with van der Waals surface area (Å²) in [6.07, 6.45) is 0. The van der Waals surface area contributed by atoms with E-state index in [4.69, 9.17) is 10.5 Å². The van der Waals surface area contributed by atoms with E-state index in [1.807, 2.05) is 63.2 Å². The van der Waals surface area contributed by atoms with E-state index in [0.29, 0.717) is 29.4 Å². The van der Waals surface area contributed by atoms with Gasteiger partial charge in [0.15, 0.2) is 0 Å². The first-order chi connectivity index (χ1) is 15.8. The standard InChI is InChI=1S/C28H26N2O3/c1-17-10-22(21-7-4-6-20(14-21)16-29)15-23(11-17)33-27-9-5-8-26(30-27)24-12-18(2)19(3)13-25(24)28(31)32/h4-15H,16,29H2,1-3H3,(H,31,32). The van der Waals surface area contributed by atoms with E-state index >= 15 is 0 Å². The Balaban J connectivity index is 1.70. The summed E-state index contributed by atoms with van der Waals surface area (Å²) in [7, 11) is 0. The smallest absolute Gasteiger partial charge is 0.336 e. The summed E-state index contributed by atoms with van der Waals surface area (Å²) in [5.41, 5.74) is 13.3. The number of ether oxygens (including phenoxy) is 1. The van der Waals surface area contributed by atoms with Gasteiger partial charge in [-0.2, -0.15) is 0 Å². The third-order valence-electron chi connectivity index (χ3n) is 5.63. The zero-order valence-electron chi connectivity index (χ0n) is 18.9. The van der Waals surface area contributed by atoms with Crippen molar-refractivity contribution in [1.29, 1.82) is 0 Å². The van der Waals surface area contributed by atoms with Crippen LogP contribution in [0.5, 0.6) is 11.6 Å². The lowest BCUT2D eigenvalue weighted by atomic mass is 9.97. The van der Waals surface area contributed by atoms with Gasteiger partial charge in [-0.3, -0.25) is 0 Å². The van der Waals surface area contributed by atoms with Gasteiger partial charge in [-0.15, -0.1) is 0 Å². The normalized spacial score (nSPS) is 10.8. The summed E-state index contributed by atoms with van der Waals surface area (Å²) in [6, 6.07) is 23.1. The van der Waals surface area contributed by atoms with Crippen LogP contribution in [0.4, 0.5) is 0 Å². The number of nitrogens with zero attached hydrogens (tertiary/aromatic N) is 1. The Hall–Kier alpha value is -3.96. The van der Waals surface area contributed by atoms with Gasteiger partial charge in [-0.25, -0.2) is 9.78 Å². The second kappa shape index (κ2) is 9.27. The fourth-order valence-electron chi connectivity index (χ4n) is 3.80. The molecule has 166 valence electrons. The molecule has 3 aromatic carbocycles. The number of hydrogen-bond donors (Lipinski definition) is 2. The number of aromatic nitrogens is 1. The van der Waals surface area contributed by atoms with Crippen molar-refractivity contribution in [3.05, 3.63) is 101 Å². The first kappa shape index (κ1) is 22.2. The number of benzene rings is 3. The second-order valence-corrected chi connectivity index (χ2v) is 8.19. The second-order valence-electron chi connectivity index (χ2n) is 8.19. The van der Waals surface area contributed by atoms with Gasteiger partial charge in [-0.1, -0.05) is 30.3 Å². The van der Waals surface area contributed by atoms with Crippen LogP contribution < -0.4 is 10.5 Å². The van der Waals surface area contributed by atoms with Crippen LogP contribution in [0.25, 0.3) is 22.4 Å². The Morgan fingerprint density at radius 2 is 1.67 bits per heavy atom. The average Bonchev–Trinajstić information content (AvgIpc) is 2.80. The van der Waals surface area contributed by atoms with Crippen molar-refractivity contribution in [2.75, 3.05) is 0 Å². The maximum Gasteiger partial charge on any atom is 0.336 e. The average molecular weight is 439 g/mol. The number of pyridine rings is 1. The fourth-order valence-corrected chi connectivity index (χ4v) is 3.80. The number of carbonyl (C=O) groups is 1. The fraction of sp³-hybridized carbons (Fsp3) is 0.143. The van der Waals surface area contributed by atoms with Gasteiger partial charge in [0, 0.05) is 18.2 Å². The Labute approximate surface area is 193 Å². The largest absolute Gasteiger partial charge is 0.478 e. The molecule has 0 aliphatic carbocycles. The van der Waals surface area contributed by atoms with E-state index in [0.717, 1.165) is 33.4 Å². The molecule has 4 rings (SSSR count). The van der Waals surface area contributed by atoms with Crippen LogP contribution in [0.15, 0.2) is 72.8 Å². The molecule has 0 aliphatic rings. The quantitative estimate of drug-likeness (QED) is 0.369. The van der Waals surface area contributed by atoms with Crippen molar-refractivity contribution < 1.29 is 14.6 Å². The molecule has 0 unspecified atom stereocenters. The minimum absolute atomic E-state index is 0.223. The van der Waals surface area contributed by atoms with E-state index in [1.165, 1.54) is 0 Å². The number of rotatable bonds is 6. The van der Waals surface area contributed by atoms with Gasteiger partial charge >= 0.3 is 5.97 Å². The third-order valence-corrected chi connectivity index (χ3v) is 5.63. The highest BCUT2D eigenvalue weighted by Gasteiger charge is 2.15. The lowest BCUT2D eigenvalue weighted by molar-refractivity contribution is 0.0697. The van der Waals surface area contributed by atoms with Crippen LogP contribution in [0, 0.1) is 20.8 Å². The number of carboxylic acids is 1. The lowest BCUT2D eigenvalue weighted by Gasteiger charge is -2.12. The van der Waals surface area contributed by atoms with Crippen LogP contribution >= 0.6 is 0 Å². The summed E-state index contributed by atoms with van der Waals surface area (Å²) in [5.74, 6) is 0.0740. The molecule has 5 nitrogen and oxygen atoms in total. The Kier molecular flexibility index (Phi) is 6.24. The number of hydrogen-bond acceptors (Lipinski definition) is 4. The molecular weight excluding hydrogens is 412 g/mol. The summed E-state index contributed by atoms with van der Waals surface area (Å²) >= 11 is 0. The highest BCUT2D eigenvalue weighted by Crippen LogP contribution is 2.31. The van der Waals surface area contributed by atoms with Crippen LogP contribution in [0.1, 0.15) is 32.6 Å². The van der Waals surface area contributed by atoms with E-state index in [-0.39, 0.29) is 5.56 Å². The molecule has 33 heavy (non-hydrogen) atoms. The summed E-state index contributed by atoms with van der Waals surface area (Å²) < 4.78 is 6.11. The Bertz CT molecular complexity index is 1350. The molecule has 1 heterocycles. The van der Waals surface area contributed by atoms with E-state index < -0.39 is 5.97 Å². The minimum Gasteiger partial charge on any atom is -0.478 e. The van der Waals surface area contributed by atoms with Gasteiger partial charge in [-0.05, 0) is 90.6 Å². The summed E-state index contributed by atoms with van der Waals surface area (Å²) in [4.78, 5) is 16.4. The molecule has 0 aliphatic heterocycles. The number of nitrogens with two attached hydrogens (primary N) is 1. The zero-order valence-corrected chi connectivity index (χ0v) is 18.9. The number of aryl methyl sites for hydroxylation is 3. The maximum atomic E-state index is 11.8. The molecule has 0 radical (unpaired) electrons. The zero-order chi connectivity index (χ0) is 23.5. The first-order valence-electron chi connectivity index (χ1n) is 10.7. The predicted octanol–water partition coefficient (Wildman–Crippen LogP) is 6.29. The SMILES string of the molecule is Cc1cc(Oc2cccc(-c3cc(C)c(C)cc3C(=O)O)n2)cc(-c2cccc(CN)c2)c1. The van der Waals surface area contributed by atoms with Crippen molar-refractivity contribution in [2.24, 2.45) is 5.73 Å². The topological polar surface area (TPSA) is 85.4 Å². The van der Waals surface area contributed by atoms with Gasteiger partial charge in [0.05, 0.1) is 11.3 Å². The molecule has 0 amide bonds. The highest BCUT2D eigenvalue weighted by atomic mass is 16.5. The summed E-state index contributed by atoms with van der Waals surface area (Å²) in [6.45, 7) is 6.35. The van der Waals surface area contributed by atoms with E-state index in [2.05, 4.69) is 17.1 Å². The lowest BCUT2D eigenvalue weighted by Crippen LogP contribution is -2.03. The highest BCUT2D eigenvalue weighted by molar-refractivity contribution is 5.96. The minimum atomic E-state index is -0.982.